The molecule has 0 spiro atoms. The summed E-state index contributed by atoms with van der Waals surface area (Å²) in [5.41, 5.74) is 6.51. The van der Waals surface area contributed by atoms with Crippen molar-refractivity contribution >= 4 is 28.9 Å². The molecule has 0 heterocycles. The maximum atomic E-state index is 13.5. The number of anilines is 1. The second kappa shape index (κ2) is 5.46. The first-order chi connectivity index (χ1) is 8.56. The van der Waals surface area contributed by atoms with E-state index in [0.717, 1.165) is 0 Å². The third kappa shape index (κ3) is 3.06. The van der Waals surface area contributed by atoms with Gasteiger partial charge in [-0.25, -0.2) is 4.39 Å². The third-order valence-electron chi connectivity index (χ3n) is 2.35. The molecule has 0 fully saturated rings. The summed E-state index contributed by atoms with van der Waals surface area (Å²) in [7, 11) is 0. The van der Waals surface area contributed by atoms with E-state index in [0.29, 0.717) is 27.0 Å². The van der Waals surface area contributed by atoms with Gasteiger partial charge in [0, 0.05) is 22.3 Å². The smallest absolute Gasteiger partial charge is 0.140 e. The van der Waals surface area contributed by atoms with E-state index in [4.69, 9.17) is 33.7 Å². The van der Waals surface area contributed by atoms with Crippen LogP contribution in [0, 0.1) is 5.82 Å². The fraction of sp³-hybridized carbons (Fsp3) is 0.0769. The largest absolute Gasteiger partial charge is 0.487 e. The van der Waals surface area contributed by atoms with Crippen LogP contribution in [0.3, 0.4) is 0 Å². The zero-order chi connectivity index (χ0) is 13.1. The van der Waals surface area contributed by atoms with Gasteiger partial charge < -0.3 is 10.5 Å². The topological polar surface area (TPSA) is 35.2 Å². The standard InChI is InChI=1S/C13H10Cl2FNO/c14-9-1-4-12(16)8(5-9)7-18-13-6-10(17)2-3-11(13)15/h1-6H,7,17H2. The summed E-state index contributed by atoms with van der Waals surface area (Å²) < 4.78 is 18.9. The Hall–Kier alpha value is -1.45. The van der Waals surface area contributed by atoms with E-state index < -0.39 is 0 Å². The SMILES string of the molecule is Nc1ccc(Cl)c(OCc2cc(Cl)ccc2F)c1. The number of halogens is 3. The summed E-state index contributed by atoms with van der Waals surface area (Å²) in [6.45, 7) is 0.0373. The van der Waals surface area contributed by atoms with Crippen molar-refractivity contribution in [3.63, 3.8) is 0 Å². The van der Waals surface area contributed by atoms with Crippen LogP contribution in [-0.2, 0) is 6.61 Å². The lowest BCUT2D eigenvalue weighted by molar-refractivity contribution is 0.300. The van der Waals surface area contributed by atoms with Gasteiger partial charge in [-0.1, -0.05) is 23.2 Å². The van der Waals surface area contributed by atoms with E-state index in [1.165, 1.54) is 18.2 Å². The molecule has 2 aromatic carbocycles. The highest BCUT2D eigenvalue weighted by atomic mass is 35.5. The summed E-state index contributed by atoms with van der Waals surface area (Å²) in [6.07, 6.45) is 0. The Balaban J connectivity index is 2.16. The molecular formula is C13H10Cl2FNO. The molecule has 0 bridgehead atoms. The van der Waals surface area contributed by atoms with Crippen molar-refractivity contribution in [1.29, 1.82) is 0 Å². The van der Waals surface area contributed by atoms with Crippen molar-refractivity contribution in [3.05, 3.63) is 57.8 Å². The number of hydrogen-bond acceptors (Lipinski definition) is 2. The molecule has 0 aliphatic heterocycles. The van der Waals surface area contributed by atoms with E-state index in [2.05, 4.69) is 0 Å². The number of ether oxygens (including phenoxy) is 1. The Morgan fingerprint density at radius 1 is 1.11 bits per heavy atom. The van der Waals surface area contributed by atoms with E-state index in [9.17, 15) is 4.39 Å². The van der Waals surface area contributed by atoms with Crippen molar-refractivity contribution in [1.82, 2.24) is 0 Å². The van der Waals surface area contributed by atoms with Gasteiger partial charge in [-0.05, 0) is 30.3 Å². The fourth-order valence-corrected chi connectivity index (χ4v) is 1.81. The van der Waals surface area contributed by atoms with Gasteiger partial charge in [-0.3, -0.25) is 0 Å². The van der Waals surface area contributed by atoms with Crippen molar-refractivity contribution in [2.45, 2.75) is 6.61 Å². The van der Waals surface area contributed by atoms with Crippen LogP contribution in [0.5, 0.6) is 5.75 Å². The number of hydrogen-bond donors (Lipinski definition) is 1. The minimum absolute atomic E-state index is 0.0373. The zero-order valence-corrected chi connectivity index (χ0v) is 10.8. The average Bonchev–Trinajstić information content (AvgIpc) is 2.34. The average molecular weight is 286 g/mol. The number of benzene rings is 2. The first-order valence-corrected chi connectivity index (χ1v) is 5.93. The number of nitrogen functional groups attached to an aromatic ring is 1. The predicted molar refractivity (Wildman–Crippen MR) is 71.6 cm³/mol. The first-order valence-electron chi connectivity index (χ1n) is 5.18. The molecule has 2 aromatic rings. The molecule has 0 radical (unpaired) electrons. The van der Waals surface area contributed by atoms with Gasteiger partial charge in [0.2, 0.25) is 0 Å². The van der Waals surface area contributed by atoms with Crippen LogP contribution in [0.2, 0.25) is 10.0 Å². The van der Waals surface area contributed by atoms with Gasteiger partial charge in [-0.2, -0.15) is 0 Å². The molecule has 0 unspecified atom stereocenters. The van der Waals surface area contributed by atoms with Crippen molar-refractivity contribution in [2.75, 3.05) is 5.73 Å². The minimum atomic E-state index is -0.376. The van der Waals surface area contributed by atoms with Crippen molar-refractivity contribution < 1.29 is 9.13 Å². The molecule has 0 amide bonds. The van der Waals surface area contributed by atoms with Gasteiger partial charge in [0.1, 0.15) is 18.2 Å². The Morgan fingerprint density at radius 3 is 2.67 bits per heavy atom. The Kier molecular flexibility index (Phi) is 3.94. The molecule has 0 aliphatic carbocycles. The second-order valence-corrected chi connectivity index (χ2v) is 4.56. The van der Waals surface area contributed by atoms with Crippen LogP contribution in [0.4, 0.5) is 10.1 Å². The molecule has 2 nitrogen and oxygen atoms in total. The van der Waals surface area contributed by atoms with Crippen LogP contribution in [0.15, 0.2) is 36.4 Å². The highest BCUT2D eigenvalue weighted by molar-refractivity contribution is 6.32. The molecule has 18 heavy (non-hydrogen) atoms. The zero-order valence-electron chi connectivity index (χ0n) is 9.29. The number of rotatable bonds is 3. The molecular weight excluding hydrogens is 276 g/mol. The minimum Gasteiger partial charge on any atom is -0.487 e. The first kappa shape index (κ1) is 13.0. The molecule has 2 rings (SSSR count). The summed E-state index contributed by atoms with van der Waals surface area (Å²) in [5, 5.41) is 0.875. The molecule has 0 saturated heterocycles. The Morgan fingerprint density at radius 2 is 1.89 bits per heavy atom. The summed E-state index contributed by atoms with van der Waals surface area (Å²) in [5.74, 6) is 0.0375. The third-order valence-corrected chi connectivity index (χ3v) is 2.89. The molecule has 0 aliphatic rings. The van der Waals surface area contributed by atoms with E-state index in [1.807, 2.05) is 0 Å². The lowest BCUT2D eigenvalue weighted by Crippen LogP contribution is -1.99. The quantitative estimate of drug-likeness (QED) is 0.854. The predicted octanol–water partition coefficient (Wildman–Crippen LogP) is 4.29. The normalized spacial score (nSPS) is 10.4. The molecule has 0 saturated carbocycles. The van der Waals surface area contributed by atoms with Crippen LogP contribution < -0.4 is 10.5 Å². The van der Waals surface area contributed by atoms with E-state index >= 15 is 0 Å². The number of nitrogens with two attached hydrogens (primary N) is 1. The maximum absolute atomic E-state index is 13.5. The van der Waals surface area contributed by atoms with Crippen LogP contribution in [0.25, 0.3) is 0 Å². The Bertz CT molecular complexity index is 523. The van der Waals surface area contributed by atoms with Gasteiger partial charge in [-0.15, -0.1) is 0 Å². The summed E-state index contributed by atoms with van der Waals surface area (Å²) in [6, 6.07) is 9.16. The molecule has 2 N–H and O–H groups in total. The summed E-state index contributed by atoms with van der Waals surface area (Å²) in [4.78, 5) is 0. The van der Waals surface area contributed by atoms with Crippen molar-refractivity contribution in [2.24, 2.45) is 0 Å². The fourth-order valence-electron chi connectivity index (χ4n) is 1.44. The van der Waals surface area contributed by atoms with Crippen LogP contribution in [0.1, 0.15) is 5.56 Å². The van der Waals surface area contributed by atoms with Gasteiger partial charge in [0.05, 0.1) is 5.02 Å². The molecule has 0 aromatic heterocycles. The van der Waals surface area contributed by atoms with Gasteiger partial charge in [0.15, 0.2) is 0 Å². The molecule has 0 atom stereocenters. The van der Waals surface area contributed by atoms with Crippen molar-refractivity contribution in [3.8, 4) is 5.75 Å². The van der Waals surface area contributed by atoms with E-state index in [-0.39, 0.29) is 12.4 Å². The van der Waals surface area contributed by atoms with Gasteiger partial charge >= 0.3 is 0 Å². The lowest BCUT2D eigenvalue weighted by atomic mass is 10.2. The van der Waals surface area contributed by atoms with Gasteiger partial charge in [0.25, 0.3) is 0 Å². The van der Waals surface area contributed by atoms with Crippen LogP contribution >= 0.6 is 23.2 Å². The van der Waals surface area contributed by atoms with Crippen LogP contribution in [-0.4, -0.2) is 0 Å². The molecule has 94 valence electrons. The highest BCUT2D eigenvalue weighted by Gasteiger charge is 2.06. The molecule has 5 heteroatoms. The van der Waals surface area contributed by atoms with E-state index in [1.54, 1.807) is 18.2 Å². The Labute approximate surface area is 114 Å². The monoisotopic (exact) mass is 285 g/mol. The maximum Gasteiger partial charge on any atom is 0.140 e. The second-order valence-electron chi connectivity index (χ2n) is 3.71. The highest BCUT2D eigenvalue weighted by Crippen LogP contribution is 2.27. The lowest BCUT2D eigenvalue weighted by Gasteiger charge is -2.09. The summed E-state index contributed by atoms with van der Waals surface area (Å²) >= 11 is 11.7.